The first-order valence-electron chi connectivity index (χ1n) is 5.24. The summed E-state index contributed by atoms with van der Waals surface area (Å²) in [6, 6.07) is 9.46. The van der Waals surface area contributed by atoms with E-state index in [1.54, 1.807) is 0 Å². The third-order valence-corrected chi connectivity index (χ3v) is 4.13. The molecule has 2 heterocycles. The summed E-state index contributed by atoms with van der Waals surface area (Å²) in [6.45, 7) is 0. The molecule has 0 saturated carbocycles. The van der Waals surface area contributed by atoms with Gasteiger partial charge in [-0.25, -0.2) is 4.98 Å². The second-order valence-electron chi connectivity index (χ2n) is 3.81. The van der Waals surface area contributed by atoms with E-state index in [0.717, 1.165) is 20.5 Å². The SMILES string of the molecule is Clc1cccc(Cl)c1-c1cn2cccc(I)c2n1. The molecule has 0 radical (unpaired) electrons. The molecule has 3 aromatic rings. The fraction of sp³-hybridized carbons (Fsp3) is 0. The minimum atomic E-state index is 0.612. The van der Waals surface area contributed by atoms with E-state index in [1.165, 1.54) is 0 Å². The van der Waals surface area contributed by atoms with Crippen molar-refractivity contribution in [3.63, 3.8) is 0 Å². The zero-order valence-corrected chi connectivity index (χ0v) is 12.7. The molecule has 0 saturated heterocycles. The van der Waals surface area contributed by atoms with Gasteiger partial charge < -0.3 is 4.40 Å². The molecule has 5 heteroatoms. The van der Waals surface area contributed by atoms with Gasteiger partial charge in [-0.3, -0.25) is 0 Å². The van der Waals surface area contributed by atoms with E-state index in [2.05, 4.69) is 27.6 Å². The Kier molecular flexibility index (Phi) is 3.21. The van der Waals surface area contributed by atoms with E-state index in [4.69, 9.17) is 23.2 Å². The van der Waals surface area contributed by atoms with Crippen LogP contribution in [0, 0.1) is 3.57 Å². The minimum absolute atomic E-state index is 0.612. The third-order valence-electron chi connectivity index (χ3n) is 2.65. The number of halogens is 3. The summed E-state index contributed by atoms with van der Waals surface area (Å²) in [5.74, 6) is 0. The molecule has 0 spiro atoms. The van der Waals surface area contributed by atoms with Crippen LogP contribution in [-0.4, -0.2) is 9.38 Å². The van der Waals surface area contributed by atoms with Crippen molar-refractivity contribution in [2.45, 2.75) is 0 Å². The summed E-state index contributed by atoms with van der Waals surface area (Å²) in [6.07, 6.45) is 3.89. The summed E-state index contributed by atoms with van der Waals surface area (Å²) in [5, 5.41) is 1.22. The zero-order chi connectivity index (χ0) is 12.7. The highest BCUT2D eigenvalue weighted by atomic mass is 127. The van der Waals surface area contributed by atoms with Gasteiger partial charge in [-0.1, -0.05) is 29.3 Å². The predicted molar refractivity (Wildman–Crippen MR) is 83.4 cm³/mol. The molecule has 0 aliphatic carbocycles. The molecule has 0 bridgehead atoms. The van der Waals surface area contributed by atoms with Crippen LogP contribution in [0.25, 0.3) is 16.9 Å². The Labute approximate surface area is 128 Å². The Balaban J connectivity index is 2.30. The van der Waals surface area contributed by atoms with Crippen molar-refractivity contribution in [1.82, 2.24) is 9.38 Å². The summed E-state index contributed by atoms with van der Waals surface area (Å²) in [7, 11) is 0. The van der Waals surface area contributed by atoms with Gasteiger partial charge >= 0.3 is 0 Å². The number of nitrogens with zero attached hydrogens (tertiary/aromatic N) is 2. The number of aromatic nitrogens is 2. The van der Waals surface area contributed by atoms with Crippen LogP contribution in [0.3, 0.4) is 0 Å². The lowest BCUT2D eigenvalue weighted by Crippen LogP contribution is -1.83. The Morgan fingerprint density at radius 2 is 1.78 bits per heavy atom. The summed E-state index contributed by atoms with van der Waals surface area (Å²) >= 11 is 14.7. The molecule has 0 unspecified atom stereocenters. The van der Waals surface area contributed by atoms with Crippen molar-refractivity contribution in [3.05, 3.63) is 56.3 Å². The van der Waals surface area contributed by atoms with E-state index >= 15 is 0 Å². The molecule has 90 valence electrons. The van der Waals surface area contributed by atoms with E-state index in [9.17, 15) is 0 Å². The van der Waals surface area contributed by atoms with Crippen molar-refractivity contribution in [2.24, 2.45) is 0 Å². The first kappa shape index (κ1) is 12.3. The van der Waals surface area contributed by atoms with Gasteiger partial charge in [0.1, 0.15) is 0 Å². The Hall–Kier alpha value is -0.780. The maximum atomic E-state index is 6.20. The average molecular weight is 389 g/mol. The van der Waals surface area contributed by atoms with Gasteiger partial charge in [0.2, 0.25) is 0 Å². The lowest BCUT2D eigenvalue weighted by Gasteiger charge is -2.02. The van der Waals surface area contributed by atoms with Crippen molar-refractivity contribution in [1.29, 1.82) is 0 Å². The molecule has 3 rings (SSSR count). The van der Waals surface area contributed by atoms with Gasteiger partial charge in [-0.15, -0.1) is 0 Å². The van der Waals surface area contributed by atoms with E-state index in [0.29, 0.717) is 10.0 Å². The number of benzene rings is 1. The standard InChI is InChI=1S/C13H7Cl2IN2/c14-8-3-1-4-9(15)12(8)11-7-18-6-2-5-10(16)13(18)17-11/h1-7H. The number of rotatable bonds is 1. The number of hydrogen-bond acceptors (Lipinski definition) is 1. The highest BCUT2D eigenvalue weighted by molar-refractivity contribution is 14.1. The van der Waals surface area contributed by atoms with Crippen LogP contribution in [0.4, 0.5) is 0 Å². The predicted octanol–water partition coefficient (Wildman–Crippen LogP) is 4.91. The maximum Gasteiger partial charge on any atom is 0.150 e. The molecule has 0 N–H and O–H groups in total. The molecule has 0 aliphatic heterocycles. The Morgan fingerprint density at radius 1 is 1.06 bits per heavy atom. The first-order chi connectivity index (χ1) is 8.66. The van der Waals surface area contributed by atoms with E-state index in [-0.39, 0.29) is 0 Å². The molecule has 18 heavy (non-hydrogen) atoms. The molecule has 0 aliphatic rings. The molecule has 0 atom stereocenters. The molecular weight excluding hydrogens is 382 g/mol. The average Bonchev–Trinajstić information content (AvgIpc) is 2.74. The number of hydrogen-bond donors (Lipinski definition) is 0. The molecule has 2 nitrogen and oxygen atoms in total. The van der Waals surface area contributed by atoms with Gasteiger partial charge in [0.25, 0.3) is 0 Å². The normalized spacial score (nSPS) is 11.1. The van der Waals surface area contributed by atoms with Crippen LogP contribution in [-0.2, 0) is 0 Å². The Morgan fingerprint density at radius 3 is 2.44 bits per heavy atom. The molecule has 0 amide bonds. The zero-order valence-electron chi connectivity index (χ0n) is 9.07. The van der Waals surface area contributed by atoms with Gasteiger partial charge in [-0.05, 0) is 46.9 Å². The molecular formula is C13H7Cl2IN2. The third kappa shape index (κ3) is 2.00. The van der Waals surface area contributed by atoms with Crippen molar-refractivity contribution >= 4 is 51.4 Å². The van der Waals surface area contributed by atoms with E-state index in [1.807, 2.05) is 47.1 Å². The summed E-state index contributed by atoms with van der Waals surface area (Å²) < 4.78 is 3.06. The monoisotopic (exact) mass is 388 g/mol. The lowest BCUT2D eigenvalue weighted by molar-refractivity contribution is 1.18. The van der Waals surface area contributed by atoms with Crippen LogP contribution < -0.4 is 0 Å². The van der Waals surface area contributed by atoms with Crippen LogP contribution in [0.5, 0.6) is 0 Å². The van der Waals surface area contributed by atoms with Crippen LogP contribution >= 0.6 is 45.8 Å². The second-order valence-corrected chi connectivity index (χ2v) is 5.79. The molecule has 1 aromatic carbocycles. The smallest absolute Gasteiger partial charge is 0.150 e. The number of fused-ring (bicyclic) bond motifs is 1. The minimum Gasteiger partial charge on any atom is -0.306 e. The fourth-order valence-electron chi connectivity index (χ4n) is 1.84. The van der Waals surface area contributed by atoms with Crippen LogP contribution in [0.1, 0.15) is 0 Å². The fourth-order valence-corrected chi connectivity index (χ4v) is 3.04. The summed E-state index contributed by atoms with van der Waals surface area (Å²) in [4.78, 5) is 4.59. The van der Waals surface area contributed by atoms with Crippen LogP contribution in [0.2, 0.25) is 10.0 Å². The topological polar surface area (TPSA) is 17.3 Å². The van der Waals surface area contributed by atoms with Crippen molar-refractivity contribution < 1.29 is 0 Å². The Bertz CT molecular complexity index is 717. The van der Waals surface area contributed by atoms with Gasteiger partial charge in [-0.2, -0.15) is 0 Å². The van der Waals surface area contributed by atoms with E-state index < -0.39 is 0 Å². The van der Waals surface area contributed by atoms with Crippen molar-refractivity contribution in [2.75, 3.05) is 0 Å². The maximum absolute atomic E-state index is 6.20. The molecule has 2 aromatic heterocycles. The number of pyridine rings is 1. The van der Waals surface area contributed by atoms with Crippen LogP contribution in [0.15, 0.2) is 42.7 Å². The van der Waals surface area contributed by atoms with Crippen molar-refractivity contribution in [3.8, 4) is 11.3 Å². The quantitative estimate of drug-likeness (QED) is 0.541. The largest absolute Gasteiger partial charge is 0.306 e. The van der Waals surface area contributed by atoms with Gasteiger partial charge in [0.05, 0.1) is 19.3 Å². The highest BCUT2D eigenvalue weighted by Crippen LogP contribution is 2.34. The first-order valence-corrected chi connectivity index (χ1v) is 7.08. The molecule has 0 fully saturated rings. The van der Waals surface area contributed by atoms with Gasteiger partial charge in [0.15, 0.2) is 5.65 Å². The number of imidazole rings is 1. The lowest BCUT2D eigenvalue weighted by atomic mass is 10.2. The summed E-state index contributed by atoms with van der Waals surface area (Å²) in [5.41, 5.74) is 2.47. The highest BCUT2D eigenvalue weighted by Gasteiger charge is 2.12. The van der Waals surface area contributed by atoms with Gasteiger partial charge in [0, 0.05) is 18.0 Å². The second kappa shape index (κ2) is 4.72.